The Morgan fingerprint density at radius 2 is 1.57 bits per heavy atom. The lowest BCUT2D eigenvalue weighted by atomic mass is 10.1. The molecule has 2 rings (SSSR count). The molecule has 0 unspecified atom stereocenters. The van der Waals surface area contributed by atoms with Crippen molar-refractivity contribution in [1.82, 2.24) is 0 Å². The molecule has 1 saturated carbocycles. The molecule has 0 spiro atoms. The molecule has 30 heavy (non-hydrogen) atoms. The standard InChI is InChI=1S/C19H15Cl2F7O2/c1-18(2)10(6-11(21)19(26,27)28)12(18)17(29)30-7-9-15(24)13(22)8(4-3-5-20)14(23)16(9)25/h3,5-6,10,12H,4,7H2,1-2H3/b5-3+,11-6-/t10-,12-/m1/s1. The molecule has 166 valence electrons. The largest absolute Gasteiger partial charge is 0.460 e. The third-order valence-electron chi connectivity index (χ3n) is 4.98. The zero-order valence-corrected chi connectivity index (χ0v) is 17.0. The molecule has 0 N–H and O–H groups in total. The average molecular weight is 479 g/mol. The fourth-order valence-corrected chi connectivity index (χ4v) is 3.34. The minimum absolute atomic E-state index is 0.515. The molecule has 2 atom stereocenters. The summed E-state index contributed by atoms with van der Waals surface area (Å²) in [5.41, 5.74) is -2.10. The van der Waals surface area contributed by atoms with Crippen molar-refractivity contribution in [3.8, 4) is 0 Å². The van der Waals surface area contributed by atoms with E-state index in [1.807, 2.05) is 0 Å². The highest BCUT2D eigenvalue weighted by molar-refractivity contribution is 6.30. The van der Waals surface area contributed by atoms with Crippen LogP contribution < -0.4 is 0 Å². The number of benzene rings is 1. The zero-order chi connectivity index (χ0) is 23.0. The predicted molar refractivity (Wildman–Crippen MR) is 95.5 cm³/mol. The predicted octanol–water partition coefficient (Wildman–Crippen LogP) is 6.54. The molecule has 0 radical (unpaired) electrons. The summed E-state index contributed by atoms with van der Waals surface area (Å²) in [6.07, 6.45) is -3.58. The van der Waals surface area contributed by atoms with Crippen LogP contribution in [0.3, 0.4) is 0 Å². The van der Waals surface area contributed by atoms with E-state index in [9.17, 15) is 35.5 Å². The first kappa shape index (κ1) is 24.5. The highest BCUT2D eigenvalue weighted by atomic mass is 35.5. The Balaban J connectivity index is 2.19. The summed E-state index contributed by atoms with van der Waals surface area (Å²) in [5, 5.41) is -1.42. The lowest BCUT2D eigenvalue weighted by Crippen LogP contribution is -2.15. The number of esters is 1. The van der Waals surface area contributed by atoms with E-state index in [1.54, 1.807) is 0 Å². The van der Waals surface area contributed by atoms with Gasteiger partial charge in [-0.3, -0.25) is 4.79 Å². The second-order valence-electron chi connectivity index (χ2n) is 7.22. The Bertz CT molecular complexity index is 878. The van der Waals surface area contributed by atoms with Crippen LogP contribution in [0.4, 0.5) is 30.7 Å². The molecule has 2 nitrogen and oxygen atoms in total. The van der Waals surface area contributed by atoms with Crippen LogP contribution in [0.25, 0.3) is 0 Å². The summed E-state index contributed by atoms with van der Waals surface area (Å²) in [6.45, 7) is 1.80. The third kappa shape index (κ3) is 4.77. The summed E-state index contributed by atoms with van der Waals surface area (Å²) in [5.74, 6) is -9.92. The molecule has 0 aliphatic heterocycles. The summed E-state index contributed by atoms with van der Waals surface area (Å²) in [4.78, 5) is 12.2. The maximum Gasteiger partial charge on any atom is 0.426 e. The van der Waals surface area contributed by atoms with Gasteiger partial charge in [0.25, 0.3) is 0 Å². The summed E-state index contributed by atoms with van der Waals surface area (Å²) >= 11 is 10.4. The van der Waals surface area contributed by atoms with E-state index in [4.69, 9.17) is 27.9 Å². The van der Waals surface area contributed by atoms with Crippen molar-refractivity contribution in [3.63, 3.8) is 0 Å². The number of alkyl halides is 3. The highest BCUT2D eigenvalue weighted by Crippen LogP contribution is 2.60. The van der Waals surface area contributed by atoms with Gasteiger partial charge in [-0.15, -0.1) is 0 Å². The molecule has 1 aromatic rings. The van der Waals surface area contributed by atoms with E-state index in [2.05, 4.69) is 0 Å². The topological polar surface area (TPSA) is 26.3 Å². The van der Waals surface area contributed by atoms with Crippen LogP contribution >= 0.6 is 23.2 Å². The molecular formula is C19H15Cl2F7O2. The van der Waals surface area contributed by atoms with Gasteiger partial charge in [0.05, 0.1) is 11.5 Å². The SMILES string of the molecule is CC1(C)[C@H](/C=C(\Cl)C(F)(F)F)[C@@H]1C(=O)OCc1c(F)c(F)c(C/C=C/Cl)c(F)c1F. The Hall–Kier alpha value is -1.74. The van der Waals surface area contributed by atoms with Crippen LogP contribution in [0.1, 0.15) is 25.0 Å². The summed E-state index contributed by atoms with van der Waals surface area (Å²) in [6, 6.07) is 0. The smallest absolute Gasteiger partial charge is 0.426 e. The van der Waals surface area contributed by atoms with Crippen molar-refractivity contribution >= 4 is 29.2 Å². The summed E-state index contributed by atoms with van der Waals surface area (Å²) in [7, 11) is 0. The maximum absolute atomic E-state index is 14.1. The maximum atomic E-state index is 14.1. The van der Waals surface area contributed by atoms with Gasteiger partial charge in [0.1, 0.15) is 11.6 Å². The first-order chi connectivity index (χ1) is 13.7. The number of halogens is 9. The van der Waals surface area contributed by atoms with Gasteiger partial charge < -0.3 is 4.74 Å². The van der Waals surface area contributed by atoms with Crippen molar-refractivity contribution in [2.45, 2.75) is 33.1 Å². The molecular weight excluding hydrogens is 464 g/mol. The first-order valence-corrected chi connectivity index (χ1v) is 9.26. The van der Waals surface area contributed by atoms with Crippen LogP contribution in [0.2, 0.25) is 0 Å². The Morgan fingerprint density at radius 1 is 1.07 bits per heavy atom. The fraction of sp³-hybridized carbons (Fsp3) is 0.421. The highest BCUT2D eigenvalue weighted by Gasteiger charge is 2.62. The van der Waals surface area contributed by atoms with E-state index in [-0.39, 0.29) is 0 Å². The molecule has 1 aromatic carbocycles. The molecule has 0 amide bonds. The fourth-order valence-electron chi connectivity index (χ4n) is 3.12. The van der Waals surface area contributed by atoms with Crippen molar-refractivity contribution in [2.75, 3.05) is 0 Å². The Kier molecular flexibility index (Phi) is 7.18. The second-order valence-corrected chi connectivity index (χ2v) is 7.88. The Labute approximate surface area is 177 Å². The van der Waals surface area contributed by atoms with E-state index in [0.29, 0.717) is 6.08 Å². The van der Waals surface area contributed by atoms with Crippen molar-refractivity contribution in [3.05, 3.63) is 57.1 Å². The van der Waals surface area contributed by atoms with Crippen LogP contribution in [-0.2, 0) is 22.6 Å². The van der Waals surface area contributed by atoms with Gasteiger partial charge in [0.15, 0.2) is 23.3 Å². The summed E-state index contributed by atoms with van der Waals surface area (Å²) < 4.78 is 98.8. The molecule has 1 fully saturated rings. The molecule has 11 heteroatoms. The molecule has 0 bridgehead atoms. The van der Waals surface area contributed by atoms with Crippen LogP contribution in [0.5, 0.6) is 0 Å². The molecule has 0 saturated heterocycles. The van der Waals surface area contributed by atoms with Crippen molar-refractivity contribution in [2.24, 2.45) is 17.3 Å². The molecule has 1 aliphatic carbocycles. The minimum Gasteiger partial charge on any atom is -0.460 e. The van der Waals surface area contributed by atoms with Crippen LogP contribution in [0.15, 0.2) is 22.7 Å². The first-order valence-electron chi connectivity index (χ1n) is 8.45. The minimum atomic E-state index is -4.80. The second kappa shape index (κ2) is 8.78. The zero-order valence-electron chi connectivity index (χ0n) is 15.5. The number of hydrogen-bond donors (Lipinski definition) is 0. The lowest BCUT2D eigenvalue weighted by molar-refractivity contribution is -0.147. The van der Waals surface area contributed by atoms with Crippen LogP contribution in [-0.4, -0.2) is 12.1 Å². The van der Waals surface area contributed by atoms with Gasteiger partial charge >= 0.3 is 12.1 Å². The van der Waals surface area contributed by atoms with Crippen molar-refractivity contribution < 1.29 is 40.3 Å². The quantitative estimate of drug-likeness (QED) is 0.263. The third-order valence-corrected chi connectivity index (χ3v) is 5.49. The van der Waals surface area contributed by atoms with Gasteiger partial charge in [-0.25, -0.2) is 17.6 Å². The van der Waals surface area contributed by atoms with Crippen LogP contribution in [0, 0.1) is 40.5 Å². The van der Waals surface area contributed by atoms with E-state index >= 15 is 0 Å². The van der Waals surface area contributed by atoms with Gasteiger partial charge in [0, 0.05) is 11.1 Å². The number of hydrogen-bond acceptors (Lipinski definition) is 2. The van der Waals surface area contributed by atoms with Gasteiger partial charge in [-0.05, 0) is 17.8 Å². The van der Waals surface area contributed by atoms with Gasteiger partial charge in [0.2, 0.25) is 0 Å². The molecule has 0 aromatic heterocycles. The molecule has 0 heterocycles. The lowest BCUT2D eigenvalue weighted by Gasteiger charge is -2.12. The number of carbonyl (C=O) groups excluding carboxylic acids is 1. The number of ether oxygens (including phenoxy) is 1. The number of rotatable bonds is 6. The average Bonchev–Trinajstić information content (AvgIpc) is 3.19. The van der Waals surface area contributed by atoms with E-state index in [0.717, 1.165) is 11.6 Å². The van der Waals surface area contributed by atoms with Gasteiger partial charge in [-0.2, -0.15) is 13.2 Å². The molecule has 1 aliphatic rings. The van der Waals surface area contributed by atoms with E-state index in [1.165, 1.54) is 13.8 Å². The van der Waals surface area contributed by atoms with Gasteiger partial charge in [-0.1, -0.05) is 49.2 Å². The number of carbonyl (C=O) groups is 1. The number of allylic oxidation sites excluding steroid dienone is 3. The van der Waals surface area contributed by atoms with Crippen molar-refractivity contribution in [1.29, 1.82) is 0 Å². The normalized spacial score (nSPS) is 21.2. The monoisotopic (exact) mass is 478 g/mol. The van der Waals surface area contributed by atoms with E-state index < -0.39 is 81.9 Å². The Morgan fingerprint density at radius 3 is 2.03 bits per heavy atom.